The fraction of sp³-hybridized carbons (Fsp3) is 0.300. The van der Waals surface area contributed by atoms with Crippen molar-refractivity contribution in [1.82, 2.24) is 30.4 Å². The average Bonchev–Trinajstić information content (AvgIpc) is 3.25. The van der Waals surface area contributed by atoms with Gasteiger partial charge in [0.2, 0.25) is 0 Å². The van der Waals surface area contributed by atoms with E-state index in [4.69, 9.17) is 0 Å². The number of carbonyl (C=O) groups is 1. The lowest BCUT2D eigenvalue weighted by molar-refractivity contribution is 0.0950. The normalized spacial score (nSPS) is 10.9. The summed E-state index contributed by atoms with van der Waals surface area (Å²) < 4.78 is 1.49. The fourth-order valence-electron chi connectivity index (χ4n) is 2.98. The van der Waals surface area contributed by atoms with E-state index in [0.29, 0.717) is 17.8 Å². The quantitative estimate of drug-likeness (QED) is 0.664. The molecule has 1 heterocycles. The molecule has 1 aromatic heterocycles. The number of amides is 1. The van der Waals surface area contributed by atoms with Gasteiger partial charge >= 0.3 is 0 Å². The smallest absolute Gasteiger partial charge is 0.253 e. The maximum atomic E-state index is 12.8. The van der Waals surface area contributed by atoms with Crippen LogP contribution in [0.2, 0.25) is 0 Å². The van der Waals surface area contributed by atoms with E-state index in [1.165, 1.54) is 16.6 Å². The van der Waals surface area contributed by atoms with Gasteiger partial charge in [-0.25, -0.2) is 0 Å². The maximum absolute atomic E-state index is 12.8. The van der Waals surface area contributed by atoms with E-state index >= 15 is 0 Å². The van der Waals surface area contributed by atoms with Crippen LogP contribution in [-0.4, -0.2) is 44.1 Å². The van der Waals surface area contributed by atoms with Crippen LogP contribution in [0.5, 0.6) is 0 Å². The number of benzene rings is 2. The molecule has 1 amide bonds. The third-order valence-electron chi connectivity index (χ3n) is 4.59. The molecule has 7 heteroatoms. The van der Waals surface area contributed by atoms with Gasteiger partial charge in [-0.05, 0) is 46.8 Å². The van der Waals surface area contributed by atoms with E-state index in [9.17, 15) is 4.79 Å². The molecule has 3 aromatic rings. The van der Waals surface area contributed by atoms with Crippen molar-refractivity contribution >= 4 is 5.91 Å². The molecule has 2 aromatic carbocycles. The summed E-state index contributed by atoms with van der Waals surface area (Å²) in [5.74, 6) is -0.154. The van der Waals surface area contributed by atoms with Crippen LogP contribution < -0.4 is 5.32 Å². The van der Waals surface area contributed by atoms with Crippen LogP contribution in [0, 0.1) is 0 Å². The van der Waals surface area contributed by atoms with Gasteiger partial charge < -0.3 is 5.32 Å². The lowest BCUT2D eigenvalue weighted by Crippen LogP contribution is -2.26. The van der Waals surface area contributed by atoms with E-state index < -0.39 is 0 Å². The Morgan fingerprint density at radius 1 is 1.04 bits per heavy atom. The second-order valence-electron chi connectivity index (χ2n) is 6.18. The monoisotopic (exact) mass is 364 g/mol. The average molecular weight is 364 g/mol. The fourth-order valence-corrected chi connectivity index (χ4v) is 2.98. The van der Waals surface area contributed by atoms with Crippen molar-refractivity contribution in [1.29, 1.82) is 0 Å². The van der Waals surface area contributed by atoms with Crippen molar-refractivity contribution in [2.45, 2.75) is 26.9 Å². The molecule has 0 spiro atoms. The lowest BCUT2D eigenvalue weighted by Gasteiger charge is -2.20. The van der Waals surface area contributed by atoms with Crippen molar-refractivity contribution in [2.75, 3.05) is 13.1 Å². The number of tetrazole rings is 1. The summed E-state index contributed by atoms with van der Waals surface area (Å²) in [5, 5.41) is 14.2. The number of hydrogen-bond donors (Lipinski definition) is 1. The Balaban J connectivity index is 1.74. The lowest BCUT2D eigenvalue weighted by atomic mass is 10.1. The minimum absolute atomic E-state index is 0.154. The molecule has 0 aliphatic carbocycles. The number of rotatable bonds is 8. The second-order valence-corrected chi connectivity index (χ2v) is 6.18. The Kier molecular flexibility index (Phi) is 6.27. The molecule has 0 aliphatic heterocycles. The van der Waals surface area contributed by atoms with Crippen LogP contribution in [-0.2, 0) is 13.1 Å². The minimum Gasteiger partial charge on any atom is -0.348 e. The van der Waals surface area contributed by atoms with Gasteiger partial charge in [-0.2, -0.15) is 4.68 Å². The van der Waals surface area contributed by atoms with Gasteiger partial charge in [-0.1, -0.05) is 50.2 Å². The van der Waals surface area contributed by atoms with E-state index in [1.807, 2.05) is 30.3 Å². The Hall–Kier alpha value is -3.06. The highest BCUT2D eigenvalue weighted by Crippen LogP contribution is 2.15. The first kappa shape index (κ1) is 18.7. The first-order valence-electron chi connectivity index (χ1n) is 9.12. The molecule has 140 valence electrons. The Morgan fingerprint density at radius 3 is 2.44 bits per heavy atom. The zero-order valence-corrected chi connectivity index (χ0v) is 15.7. The highest BCUT2D eigenvalue weighted by Gasteiger charge is 2.14. The van der Waals surface area contributed by atoms with E-state index in [2.05, 4.69) is 51.7 Å². The molecule has 0 atom stereocenters. The number of nitrogens with one attached hydrogen (secondary N) is 1. The van der Waals surface area contributed by atoms with E-state index in [0.717, 1.165) is 25.2 Å². The summed E-state index contributed by atoms with van der Waals surface area (Å²) in [7, 11) is 0. The van der Waals surface area contributed by atoms with E-state index in [1.54, 1.807) is 6.07 Å². The summed E-state index contributed by atoms with van der Waals surface area (Å²) >= 11 is 0. The zero-order chi connectivity index (χ0) is 19.1. The highest BCUT2D eigenvalue weighted by molar-refractivity contribution is 5.97. The number of carbonyl (C=O) groups excluding carboxylic acids is 1. The van der Waals surface area contributed by atoms with Crippen LogP contribution in [0.1, 0.15) is 35.3 Å². The van der Waals surface area contributed by atoms with Gasteiger partial charge in [0, 0.05) is 13.1 Å². The topological polar surface area (TPSA) is 75.9 Å². The number of aromatic nitrogens is 4. The summed E-state index contributed by atoms with van der Waals surface area (Å²) in [6, 6.07) is 15.5. The summed E-state index contributed by atoms with van der Waals surface area (Å²) in [6.07, 6.45) is 1.48. The highest BCUT2D eigenvalue weighted by atomic mass is 16.1. The summed E-state index contributed by atoms with van der Waals surface area (Å²) in [6.45, 7) is 7.65. The predicted molar refractivity (Wildman–Crippen MR) is 103 cm³/mol. The zero-order valence-electron chi connectivity index (χ0n) is 15.7. The van der Waals surface area contributed by atoms with Gasteiger partial charge in [0.15, 0.2) is 0 Å². The van der Waals surface area contributed by atoms with Gasteiger partial charge in [-0.15, -0.1) is 5.10 Å². The molecule has 0 saturated carbocycles. The van der Waals surface area contributed by atoms with Gasteiger partial charge in [0.1, 0.15) is 6.33 Å². The van der Waals surface area contributed by atoms with Gasteiger partial charge in [0.25, 0.3) is 5.91 Å². The molecule has 0 bridgehead atoms. The SMILES string of the molecule is CCN(CC)Cc1ccccc1CNC(=O)c1ccccc1-n1cnnn1. The van der Waals surface area contributed by atoms with Crippen molar-refractivity contribution < 1.29 is 4.79 Å². The van der Waals surface area contributed by atoms with Crippen LogP contribution in [0.3, 0.4) is 0 Å². The third-order valence-corrected chi connectivity index (χ3v) is 4.59. The first-order chi connectivity index (χ1) is 13.2. The third kappa shape index (κ3) is 4.57. The Labute approximate surface area is 159 Å². The van der Waals surface area contributed by atoms with Crippen LogP contribution in [0.4, 0.5) is 0 Å². The summed E-state index contributed by atoms with van der Waals surface area (Å²) in [4.78, 5) is 15.1. The van der Waals surface area contributed by atoms with Crippen LogP contribution in [0.15, 0.2) is 54.9 Å². The van der Waals surface area contributed by atoms with Crippen molar-refractivity contribution in [3.63, 3.8) is 0 Å². The second kappa shape index (κ2) is 9.05. The molecule has 27 heavy (non-hydrogen) atoms. The molecule has 3 rings (SSSR count). The van der Waals surface area contributed by atoms with Crippen molar-refractivity contribution in [3.8, 4) is 5.69 Å². The standard InChI is InChI=1S/C20H24N6O/c1-3-25(4-2)14-17-10-6-5-9-16(17)13-21-20(27)18-11-7-8-12-19(18)26-15-22-23-24-26/h5-12,15H,3-4,13-14H2,1-2H3,(H,21,27). The van der Waals surface area contributed by atoms with Crippen molar-refractivity contribution in [2.24, 2.45) is 0 Å². The number of para-hydroxylation sites is 1. The predicted octanol–water partition coefficient (Wildman–Crippen LogP) is 2.43. The maximum Gasteiger partial charge on any atom is 0.253 e. The van der Waals surface area contributed by atoms with Gasteiger partial charge in [0.05, 0.1) is 11.3 Å². The van der Waals surface area contributed by atoms with E-state index in [-0.39, 0.29) is 5.91 Å². The Bertz CT molecular complexity index is 874. The van der Waals surface area contributed by atoms with Crippen LogP contribution in [0.25, 0.3) is 5.69 Å². The Morgan fingerprint density at radius 2 is 1.74 bits per heavy atom. The number of hydrogen-bond acceptors (Lipinski definition) is 5. The molecule has 0 unspecified atom stereocenters. The van der Waals surface area contributed by atoms with Crippen molar-refractivity contribution in [3.05, 3.63) is 71.5 Å². The largest absolute Gasteiger partial charge is 0.348 e. The minimum atomic E-state index is -0.154. The molecule has 1 N–H and O–H groups in total. The molecule has 0 aliphatic rings. The van der Waals surface area contributed by atoms with Gasteiger partial charge in [-0.3, -0.25) is 9.69 Å². The molecule has 0 fully saturated rings. The molecule has 7 nitrogen and oxygen atoms in total. The molecular weight excluding hydrogens is 340 g/mol. The van der Waals surface area contributed by atoms with Crippen LogP contribution >= 0.6 is 0 Å². The first-order valence-corrected chi connectivity index (χ1v) is 9.12. The molecular formula is C20H24N6O. The number of nitrogens with zero attached hydrogens (tertiary/aromatic N) is 5. The summed E-state index contributed by atoms with van der Waals surface area (Å²) in [5.41, 5.74) is 3.54. The molecule has 0 saturated heterocycles. The molecule has 0 radical (unpaired) electrons.